The number of benzene rings is 3. The van der Waals surface area contributed by atoms with Crippen LogP contribution in [0, 0.1) is 11.8 Å². The van der Waals surface area contributed by atoms with Gasteiger partial charge in [-0.15, -0.1) is 13.2 Å². The van der Waals surface area contributed by atoms with E-state index in [2.05, 4.69) is 60.6 Å². The van der Waals surface area contributed by atoms with E-state index in [1.807, 2.05) is 72.8 Å². The maximum Gasteiger partial charge on any atom is 0.265 e. The van der Waals surface area contributed by atoms with Gasteiger partial charge in [-0.2, -0.15) is 0 Å². The number of Topliss-reactive ketones (excluding diaryl/α,β-unsaturated/α-hetero) is 2. The molecule has 1 spiro atoms. The fourth-order valence-corrected chi connectivity index (χ4v) is 8.92. The molecular weight excluding hydrogens is 693 g/mol. The maximum absolute atomic E-state index is 14.8. The topological polar surface area (TPSA) is 110 Å². The van der Waals surface area contributed by atoms with E-state index >= 15 is 0 Å². The number of epoxide rings is 1. The summed E-state index contributed by atoms with van der Waals surface area (Å²) in [6, 6.07) is 22.0. The van der Waals surface area contributed by atoms with Gasteiger partial charge in [0.25, 0.3) is 5.88 Å². The van der Waals surface area contributed by atoms with Gasteiger partial charge in [0, 0.05) is 56.3 Å². The number of rotatable bonds is 11. The predicted molar refractivity (Wildman–Crippen MR) is 211 cm³/mol. The zero-order chi connectivity index (χ0) is 38.3. The Bertz CT molecular complexity index is 2150. The van der Waals surface area contributed by atoms with Crippen LogP contribution < -0.4 is 19.7 Å². The molecule has 10 nitrogen and oxygen atoms in total. The van der Waals surface area contributed by atoms with Crippen LogP contribution in [-0.4, -0.2) is 68.0 Å². The third-order valence-corrected chi connectivity index (χ3v) is 11.5. The summed E-state index contributed by atoms with van der Waals surface area (Å²) in [5.41, 5.74) is 5.72. The highest BCUT2D eigenvalue weighted by Crippen LogP contribution is 2.63. The number of hydrogen-bond donors (Lipinski definition) is 1. The monoisotopic (exact) mass is 740 g/mol. The summed E-state index contributed by atoms with van der Waals surface area (Å²) in [6.45, 7) is 10.3. The first-order valence-electron chi connectivity index (χ1n) is 19.1. The first kappa shape index (κ1) is 36.5. The number of ether oxygens (including phenoxy) is 3. The molecule has 10 heteroatoms. The van der Waals surface area contributed by atoms with Crippen LogP contribution in [0.5, 0.6) is 11.6 Å². The molecule has 5 aliphatic rings. The molecule has 4 atom stereocenters. The minimum Gasteiger partial charge on any atom is -0.488 e. The molecule has 0 amide bonds. The number of ketones is 2. The van der Waals surface area contributed by atoms with Crippen LogP contribution in [0.3, 0.4) is 0 Å². The molecule has 2 unspecified atom stereocenters. The van der Waals surface area contributed by atoms with Crippen molar-refractivity contribution in [3.05, 3.63) is 143 Å². The third kappa shape index (κ3) is 6.47. The van der Waals surface area contributed by atoms with Crippen LogP contribution in [0.15, 0.2) is 108 Å². The van der Waals surface area contributed by atoms with Crippen molar-refractivity contribution in [2.45, 2.75) is 50.5 Å². The van der Waals surface area contributed by atoms with Crippen LogP contribution in [0.2, 0.25) is 0 Å². The van der Waals surface area contributed by atoms with Gasteiger partial charge in [-0.05, 0) is 72.8 Å². The number of fused-ring (bicyclic) bond motifs is 5. The minimum absolute atomic E-state index is 0.0756. The number of carbonyl (C=O) groups excluding carboxylic acids is 2. The van der Waals surface area contributed by atoms with Crippen LogP contribution in [-0.2, 0) is 30.8 Å². The normalized spacial score (nSPS) is 22.8. The van der Waals surface area contributed by atoms with Crippen molar-refractivity contribution in [3.63, 3.8) is 0 Å². The zero-order valence-corrected chi connectivity index (χ0v) is 31.8. The molecule has 4 aromatic rings. The molecule has 1 fully saturated rings. The van der Waals surface area contributed by atoms with Gasteiger partial charge in [0.15, 0.2) is 17.3 Å². The molecule has 9 rings (SSSR count). The molecule has 1 N–H and O–H groups in total. The Labute approximate surface area is 322 Å². The number of aromatic nitrogens is 1. The summed E-state index contributed by atoms with van der Waals surface area (Å²) in [4.78, 5) is 33.7. The van der Waals surface area contributed by atoms with Crippen LogP contribution >= 0.6 is 0 Å². The second kappa shape index (κ2) is 15.0. The molecule has 284 valence electrons. The Hall–Kier alpha value is -5.45. The first-order chi connectivity index (χ1) is 26.8. The third-order valence-electron chi connectivity index (χ3n) is 11.5. The quantitative estimate of drug-likeness (QED) is 0.0976. The number of carbonyl (C=O) groups is 2. The molecular formula is C45H48N4O6. The van der Waals surface area contributed by atoms with Crippen molar-refractivity contribution in [2.75, 3.05) is 45.7 Å². The highest BCUT2D eigenvalue weighted by atomic mass is 16.6. The van der Waals surface area contributed by atoms with Gasteiger partial charge >= 0.3 is 0 Å². The summed E-state index contributed by atoms with van der Waals surface area (Å²) in [5, 5.41) is 7.21. The van der Waals surface area contributed by atoms with Gasteiger partial charge in [0.2, 0.25) is 11.4 Å². The lowest BCUT2D eigenvalue weighted by molar-refractivity contribution is 0.0735. The van der Waals surface area contributed by atoms with E-state index in [0.717, 1.165) is 48.4 Å². The summed E-state index contributed by atoms with van der Waals surface area (Å²) in [7, 11) is 6.34. The number of hydrogen-bond acceptors (Lipinski definition) is 10. The summed E-state index contributed by atoms with van der Waals surface area (Å²) < 4.78 is 24.6. The molecule has 0 saturated carbocycles. The second-order valence-corrected chi connectivity index (χ2v) is 15.2. The van der Waals surface area contributed by atoms with Gasteiger partial charge in [0.1, 0.15) is 24.5 Å². The van der Waals surface area contributed by atoms with Crippen molar-refractivity contribution in [2.24, 2.45) is 11.8 Å². The number of nitrogens with one attached hydrogen (secondary N) is 1. The second-order valence-electron chi connectivity index (χ2n) is 15.2. The van der Waals surface area contributed by atoms with E-state index in [1.165, 1.54) is 5.56 Å². The average Bonchev–Trinajstić information content (AvgIpc) is 3.82. The Kier molecular flexibility index (Phi) is 9.96. The van der Waals surface area contributed by atoms with E-state index in [1.54, 1.807) is 0 Å². The molecule has 1 saturated heterocycles. The van der Waals surface area contributed by atoms with Crippen molar-refractivity contribution in [3.8, 4) is 11.6 Å². The molecule has 1 aromatic heterocycles. The first-order valence-corrected chi connectivity index (χ1v) is 19.1. The van der Waals surface area contributed by atoms with Crippen LogP contribution in [0.25, 0.3) is 0 Å². The van der Waals surface area contributed by atoms with E-state index in [-0.39, 0.29) is 41.9 Å². The Morgan fingerprint density at radius 3 is 2.29 bits per heavy atom. The molecule has 0 radical (unpaired) electrons. The fourth-order valence-electron chi connectivity index (χ4n) is 8.92. The van der Waals surface area contributed by atoms with Crippen molar-refractivity contribution in [1.82, 2.24) is 15.4 Å². The summed E-state index contributed by atoms with van der Waals surface area (Å²) in [6.07, 6.45) is 6.44. The average molecular weight is 741 g/mol. The molecule has 3 heterocycles. The summed E-state index contributed by atoms with van der Waals surface area (Å²) >= 11 is 0. The lowest BCUT2D eigenvalue weighted by atomic mass is 9.63. The fraction of sp³-hybridized carbons (Fsp3) is 0.356. The lowest BCUT2D eigenvalue weighted by Gasteiger charge is -2.41. The molecule has 3 aromatic carbocycles. The van der Waals surface area contributed by atoms with Gasteiger partial charge in [-0.1, -0.05) is 72.8 Å². The van der Waals surface area contributed by atoms with E-state index in [0.29, 0.717) is 59.8 Å². The Balaban J connectivity index is 0.000000560. The lowest BCUT2D eigenvalue weighted by Crippen LogP contribution is -2.44. The van der Waals surface area contributed by atoms with Crippen molar-refractivity contribution >= 4 is 17.3 Å². The zero-order valence-electron chi connectivity index (χ0n) is 31.8. The van der Waals surface area contributed by atoms with E-state index in [9.17, 15) is 9.59 Å². The molecule has 2 aliphatic heterocycles. The smallest absolute Gasteiger partial charge is 0.265 e. The van der Waals surface area contributed by atoms with Gasteiger partial charge in [0.05, 0.1) is 5.56 Å². The van der Waals surface area contributed by atoms with Gasteiger partial charge in [-0.3, -0.25) is 9.59 Å². The Morgan fingerprint density at radius 2 is 1.64 bits per heavy atom. The van der Waals surface area contributed by atoms with Crippen LogP contribution in [0.1, 0.15) is 67.6 Å². The maximum atomic E-state index is 14.8. The predicted octanol–water partition coefficient (Wildman–Crippen LogP) is 7.06. The standard InChI is InChI=1S/C39H37N3O6.C6H11N/c1-41(2)28-14-15-42(3)34-26(28)19-29(45-20-22-10-6-4-7-11-22)32-27(34)17-24-16-25-18-30-33(36(44)39(25)37(47-39)31(24)35(32)43)38(40-48-30)46-21-23-12-8-5-9-13-23;1-3-5-7-6-4-2/h4-13,19,24-25,28H,14-18,20-21H2,1-3H3;3-4,7H,1-2,5-6H2/t24?,25-,28?,39+;/m0./s1. The number of anilines is 1. The van der Waals surface area contributed by atoms with Crippen molar-refractivity contribution in [1.29, 1.82) is 0 Å². The minimum atomic E-state index is -1.17. The highest BCUT2D eigenvalue weighted by Gasteiger charge is 2.72. The van der Waals surface area contributed by atoms with E-state index in [4.69, 9.17) is 18.7 Å². The van der Waals surface area contributed by atoms with Crippen molar-refractivity contribution < 1.29 is 28.3 Å². The number of allylic oxidation sites excluding steroid dienone is 1. The highest BCUT2D eigenvalue weighted by molar-refractivity contribution is 6.18. The largest absolute Gasteiger partial charge is 0.488 e. The summed E-state index contributed by atoms with van der Waals surface area (Å²) in [5.74, 6) is 1.27. The molecule has 55 heavy (non-hydrogen) atoms. The molecule has 0 bridgehead atoms. The SMILES string of the molecule is C=CCNCC=C.CN1CCC(N(C)C)c2cc(OCc3ccccc3)c3c(c21)CC1C[C@H]2Cc4onc(OCc5ccccc5)c4C(=O)[C@]24OC4=C1C3=O. The van der Waals surface area contributed by atoms with Gasteiger partial charge in [-0.25, -0.2) is 0 Å². The molecule has 3 aliphatic carbocycles. The number of nitrogens with zero attached hydrogens (tertiary/aromatic N) is 3. The van der Waals surface area contributed by atoms with Gasteiger partial charge < -0.3 is 33.9 Å². The Morgan fingerprint density at radius 1 is 0.964 bits per heavy atom. The van der Waals surface area contributed by atoms with E-state index < -0.39 is 5.60 Å². The van der Waals surface area contributed by atoms with Crippen LogP contribution in [0.4, 0.5) is 5.69 Å².